The summed E-state index contributed by atoms with van der Waals surface area (Å²) in [6, 6.07) is 5.28. The smallest absolute Gasteiger partial charge is 0.332 e. The molecule has 1 aromatic rings. The Morgan fingerprint density at radius 2 is 2.09 bits per heavy atom. The van der Waals surface area contributed by atoms with Crippen LogP contribution in [0.1, 0.15) is 18.5 Å². The molecule has 1 atom stereocenters. The molecule has 0 radical (unpaired) electrons. The van der Waals surface area contributed by atoms with Crippen molar-refractivity contribution in [1.82, 2.24) is 14.8 Å². The van der Waals surface area contributed by atoms with Crippen molar-refractivity contribution < 1.29 is 18.0 Å². The van der Waals surface area contributed by atoms with Crippen molar-refractivity contribution in [2.45, 2.75) is 25.1 Å². The summed E-state index contributed by atoms with van der Waals surface area (Å²) in [5, 5.41) is 0. The van der Waals surface area contributed by atoms with Gasteiger partial charge in [0.1, 0.15) is 6.54 Å². The molecule has 7 heteroatoms. The molecule has 0 spiro atoms. The molecule has 0 saturated carbocycles. The van der Waals surface area contributed by atoms with Gasteiger partial charge >= 0.3 is 6.18 Å². The highest BCUT2D eigenvalue weighted by Crippen LogP contribution is 2.27. The number of hydrogen-bond donors (Lipinski definition) is 0. The number of aromatic nitrogens is 1. The third kappa shape index (κ3) is 3.72. The van der Waals surface area contributed by atoms with Crippen molar-refractivity contribution in [2.24, 2.45) is 0 Å². The molecular formula is C16H18F3N3O. The van der Waals surface area contributed by atoms with Crippen LogP contribution in [0.2, 0.25) is 0 Å². The highest BCUT2D eigenvalue weighted by Gasteiger charge is 2.41. The summed E-state index contributed by atoms with van der Waals surface area (Å²) in [5.41, 5.74) is 2.04. The van der Waals surface area contributed by atoms with E-state index in [0.717, 1.165) is 22.6 Å². The average molecular weight is 325 g/mol. The van der Waals surface area contributed by atoms with Crippen LogP contribution in [0.3, 0.4) is 0 Å². The summed E-state index contributed by atoms with van der Waals surface area (Å²) in [6.45, 7) is 0.266. The number of pyridine rings is 1. The van der Waals surface area contributed by atoms with Crippen LogP contribution in [-0.2, 0) is 4.79 Å². The van der Waals surface area contributed by atoms with E-state index in [9.17, 15) is 18.0 Å². The lowest BCUT2D eigenvalue weighted by atomic mass is 10.0. The molecule has 1 aromatic heterocycles. The zero-order valence-corrected chi connectivity index (χ0v) is 12.6. The predicted molar refractivity (Wildman–Crippen MR) is 79.4 cm³/mol. The zero-order valence-electron chi connectivity index (χ0n) is 12.6. The van der Waals surface area contributed by atoms with E-state index in [4.69, 9.17) is 0 Å². The third-order valence-electron chi connectivity index (χ3n) is 4.31. The Morgan fingerprint density at radius 3 is 2.70 bits per heavy atom. The van der Waals surface area contributed by atoms with E-state index in [2.05, 4.69) is 4.98 Å². The van der Waals surface area contributed by atoms with E-state index in [1.54, 1.807) is 6.20 Å². The number of alkyl halides is 3. The zero-order chi connectivity index (χ0) is 16.4. The monoisotopic (exact) mass is 325 g/mol. The Balaban J connectivity index is 1.62. The summed E-state index contributed by atoms with van der Waals surface area (Å²) in [7, 11) is 0. The van der Waals surface area contributed by atoms with E-state index in [1.807, 2.05) is 29.2 Å². The lowest BCUT2D eigenvalue weighted by Gasteiger charge is -2.30. The van der Waals surface area contributed by atoms with Crippen LogP contribution in [0, 0.1) is 0 Å². The molecule has 1 fully saturated rings. The fraction of sp³-hybridized carbons (Fsp3) is 0.500. The van der Waals surface area contributed by atoms with Gasteiger partial charge in [-0.1, -0.05) is 12.1 Å². The first-order valence-corrected chi connectivity index (χ1v) is 7.64. The van der Waals surface area contributed by atoms with Gasteiger partial charge in [-0.2, -0.15) is 13.2 Å². The maximum atomic E-state index is 12.5. The Kier molecular flexibility index (Phi) is 4.39. The Morgan fingerprint density at radius 1 is 1.26 bits per heavy atom. The van der Waals surface area contributed by atoms with E-state index < -0.39 is 24.7 Å². The summed E-state index contributed by atoms with van der Waals surface area (Å²) in [5.74, 6) is -0.406. The second-order valence-corrected chi connectivity index (χ2v) is 5.87. The maximum Gasteiger partial charge on any atom is 0.406 e. The molecule has 0 aliphatic carbocycles. The number of halogens is 3. The van der Waals surface area contributed by atoms with Crippen LogP contribution in [0.4, 0.5) is 13.2 Å². The molecule has 0 N–H and O–H groups in total. The minimum atomic E-state index is -4.33. The molecule has 2 aliphatic rings. The van der Waals surface area contributed by atoms with Crippen LogP contribution < -0.4 is 0 Å². The molecule has 3 rings (SSSR count). The second-order valence-electron chi connectivity index (χ2n) is 5.87. The van der Waals surface area contributed by atoms with Crippen molar-refractivity contribution >= 4 is 11.5 Å². The molecule has 0 bridgehead atoms. The van der Waals surface area contributed by atoms with Gasteiger partial charge in [-0.15, -0.1) is 0 Å². The van der Waals surface area contributed by atoms with Gasteiger partial charge in [-0.25, -0.2) is 0 Å². The quantitative estimate of drug-likeness (QED) is 0.856. The highest BCUT2D eigenvalue weighted by atomic mass is 19.4. The van der Waals surface area contributed by atoms with Crippen molar-refractivity contribution in [3.63, 3.8) is 0 Å². The molecular weight excluding hydrogens is 307 g/mol. The molecule has 3 heterocycles. The molecule has 1 saturated heterocycles. The van der Waals surface area contributed by atoms with E-state index in [1.165, 1.54) is 0 Å². The molecule has 2 aliphatic heterocycles. The summed E-state index contributed by atoms with van der Waals surface area (Å²) in [4.78, 5) is 19.4. The normalized spacial score (nSPS) is 23.3. The fourth-order valence-corrected chi connectivity index (χ4v) is 3.19. The number of carbonyl (C=O) groups excluding carboxylic acids is 1. The lowest BCUT2D eigenvalue weighted by Crippen LogP contribution is -2.45. The van der Waals surface area contributed by atoms with Gasteiger partial charge in [-0.3, -0.25) is 14.7 Å². The summed E-state index contributed by atoms with van der Waals surface area (Å²) in [6.07, 6.45) is 0.629. The first kappa shape index (κ1) is 16.0. The maximum absolute atomic E-state index is 12.5. The topological polar surface area (TPSA) is 36.4 Å². The molecule has 4 nitrogen and oxygen atoms in total. The van der Waals surface area contributed by atoms with Crippen molar-refractivity contribution in [3.8, 4) is 0 Å². The number of carbonyl (C=O) groups is 1. The summed E-state index contributed by atoms with van der Waals surface area (Å²) >= 11 is 0. The van der Waals surface area contributed by atoms with Gasteiger partial charge < -0.3 is 4.90 Å². The predicted octanol–water partition coefficient (Wildman–Crippen LogP) is 2.33. The van der Waals surface area contributed by atoms with Gasteiger partial charge in [0.15, 0.2) is 0 Å². The van der Waals surface area contributed by atoms with Crippen LogP contribution in [0.5, 0.6) is 0 Å². The first-order chi connectivity index (χ1) is 10.9. The number of hydrogen-bond acceptors (Lipinski definition) is 3. The van der Waals surface area contributed by atoms with E-state index in [0.29, 0.717) is 19.5 Å². The van der Waals surface area contributed by atoms with Crippen LogP contribution in [0.25, 0.3) is 5.57 Å². The molecule has 1 unspecified atom stereocenters. The Hall–Kier alpha value is -1.89. The van der Waals surface area contributed by atoms with Crippen LogP contribution in [-0.4, -0.2) is 59.1 Å². The minimum absolute atomic E-state index is 0.177. The SMILES string of the molecule is O=C1C(N2CC=C(c3ccccn3)CC2)CCN1CC(F)(F)F. The third-order valence-corrected chi connectivity index (χ3v) is 4.31. The van der Waals surface area contributed by atoms with Crippen LogP contribution in [0.15, 0.2) is 30.5 Å². The van der Waals surface area contributed by atoms with Gasteiger partial charge in [0.05, 0.1) is 11.7 Å². The second kappa shape index (κ2) is 6.31. The van der Waals surface area contributed by atoms with Crippen LogP contribution >= 0.6 is 0 Å². The fourth-order valence-electron chi connectivity index (χ4n) is 3.19. The van der Waals surface area contributed by atoms with Gasteiger partial charge in [0.25, 0.3) is 0 Å². The molecule has 1 amide bonds. The summed E-state index contributed by atoms with van der Waals surface area (Å²) < 4.78 is 37.4. The largest absolute Gasteiger partial charge is 0.406 e. The number of likely N-dealkylation sites (tertiary alicyclic amines) is 1. The number of amides is 1. The van der Waals surface area contributed by atoms with E-state index >= 15 is 0 Å². The average Bonchev–Trinajstić information content (AvgIpc) is 2.88. The molecule has 0 aromatic carbocycles. The van der Waals surface area contributed by atoms with Gasteiger partial charge in [0.2, 0.25) is 5.91 Å². The molecule has 124 valence electrons. The Bertz CT molecular complexity index is 600. The van der Waals surface area contributed by atoms with E-state index in [-0.39, 0.29) is 6.54 Å². The lowest BCUT2D eigenvalue weighted by molar-refractivity contribution is -0.159. The Labute approximate surface area is 132 Å². The highest BCUT2D eigenvalue weighted by molar-refractivity contribution is 5.84. The van der Waals surface area contributed by atoms with Crippen molar-refractivity contribution in [3.05, 3.63) is 36.2 Å². The minimum Gasteiger partial charge on any atom is -0.332 e. The molecule has 23 heavy (non-hydrogen) atoms. The van der Waals surface area contributed by atoms with Crippen molar-refractivity contribution in [2.75, 3.05) is 26.2 Å². The number of rotatable bonds is 3. The first-order valence-electron chi connectivity index (χ1n) is 7.64. The standard InChI is InChI=1S/C16H18F3N3O/c17-16(18,19)11-22-10-6-14(15(22)23)21-8-4-12(5-9-21)13-3-1-2-7-20-13/h1-4,7,14H,5-6,8-11H2. The number of nitrogens with zero attached hydrogens (tertiary/aromatic N) is 3. The van der Waals surface area contributed by atoms with Gasteiger partial charge in [-0.05, 0) is 30.5 Å². The van der Waals surface area contributed by atoms with Gasteiger partial charge in [0, 0.05) is 25.8 Å². The van der Waals surface area contributed by atoms with Crippen molar-refractivity contribution in [1.29, 1.82) is 0 Å².